The van der Waals surface area contributed by atoms with Crippen molar-refractivity contribution in [1.82, 2.24) is 20.2 Å². The molecule has 3 amide bonds. The number of rotatable bonds is 4. The van der Waals surface area contributed by atoms with Crippen molar-refractivity contribution in [2.24, 2.45) is 0 Å². The first-order valence-corrected chi connectivity index (χ1v) is 10.6. The third kappa shape index (κ3) is 3.58. The van der Waals surface area contributed by atoms with Crippen LogP contribution in [0.3, 0.4) is 0 Å². The molecule has 30 heavy (non-hydrogen) atoms. The number of aryl methyl sites for hydroxylation is 1. The van der Waals surface area contributed by atoms with Gasteiger partial charge in [-0.15, -0.1) is 0 Å². The summed E-state index contributed by atoms with van der Waals surface area (Å²) in [5, 5.41) is 2.76. The Kier molecular flexibility index (Phi) is 4.77. The zero-order chi connectivity index (χ0) is 20.7. The monoisotopic (exact) mass is 406 g/mol. The molecule has 3 aliphatic rings. The lowest BCUT2D eigenvalue weighted by Gasteiger charge is -2.36. The van der Waals surface area contributed by atoms with Crippen LogP contribution in [0.5, 0.6) is 0 Å². The molecule has 0 radical (unpaired) electrons. The van der Waals surface area contributed by atoms with Gasteiger partial charge in [0.1, 0.15) is 11.5 Å². The summed E-state index contributed by atoms with van der Waals surface area (Å²) in [6, 6.07) is 5.64. The van der Waals surface area contributed by atoms with Crippen LogP contribution in [-0.2, 0) is 0 Å². The molecular weight excluding hydrogens is 380 g/mol. The Morgan fingerprint density at radius 2 is 1.87 bits per heavy atom. The topological polar surface area (TPSA) is 81.7 Å². The van der Waals surface area contributed by atoms with E-state index in [1.165, 1.54) is 24.0 Å². The molecule has 4 heterocycles. The van der Waals surface area contributed by atoms with Crippen LogP contribution in [0.15, 0.2) is 30.6 Å². The Labute approximate surface area is 175 Å². The molecule has 0 spiro atoms. The van der Waals surface area contributed by atoms with E-state index in [0.717, 1.165) is 18.9 Å². The summed E-state index contributed by atoms with van der Waals surface area (Å²) in [5.41, 5.74) is 3.69. The maximum absolute atomic E-state index is 12.9. The predicted octanol–water partition coefficient (Wildman–Crippen LogP) is 2.15. The van der Waals surface area contributed by atoms with Gasteiger partial charge in [-0.1, -0.05) is 6.07 Å². The van der Waals surface area contributed by atoms with Crippen LogP contribution in [0.4, 0.5) is 16.3 Å². The van der Waals surface area contributed by atoms with Crippen molar-refractivity contribution in [1.29, 1.82) is 0 Å². The number of nitrogens with one attached hydrogen (secondary N) is 1. The zero-order valence-corrected chi connectivity index (χ0v) is 17.2. The highest BCUT2D eigenvalue weighted by Gasteiger charge is 2.27. The fourth-order valence-electron chi connectivity index (χ4n) is 4.23. The van der Waals surface area contributed by atoms with Crippen LogP contribution in [0.2, 0.25) is 0 Å². The summed E-state index contributed by atoms with van der Waals surface area (Å²) in [5.74, 6) is 1.66. The lowest BCUT2D eigenvalue weighted by atomic mass is 10.1. The summed E-state index contributed by atoms with van der Waals surface area (Å²) in [7, 11) is 0. The maximum atomic E-state index is 12.9. The van der Waals surface area contributed by atoms with Gasteiger partial charge in [-0.2, -0.15) is 0 Å². The SMILES string of the molecule is Cc1cc(C2CC2)cnc1N1CCN(C(=O)c2ccc(N3CCNC3=O)cn2)CC1. The Morgan fingerprint density at radius 3 is 2.47 bits per heavy atom. The number of anilines is 2. The second-order valence-electron chi connectivity index (χ2n) is 8.25. The van der Waals surface area contributed by atoms with Crippen molar-refractivity contribution < 1.29 is 9.59 Å². The Balaban J connectivity index is 1.21. The highest BCUT2D eigenvalue weighted by Crippen LogP contribution is 2.40. The minimum Gasteiger partial charge on any atom is -0.353 e. The Morgan fingerprint density at radius 1 is 1.07 bits per heavy atom. The first kappa shape index (κ1) is 18.8. The molecule has 1 N–H and O–H groups in total. The number of urea groups is 1. The van der Waals surface area contributed by atoms with Crippen molar-refractivity contribution in [3.8, 4) is 0 Å². The number of hydrogen-bond donors (Lipinski definition) is 1. The molecule has 5 rings (SSSR count). The van der Waals surface area contributed by atoms with E-state index in [-0.39, 0.29) is 11.9 Å². The van der Waals surface area contributed by atoms with Gasteiger partial charge in [0.05, 0.1) is 11.9 Å². The van der Waals surface area contributed by atoms with Crippen molar-refractivity contribution >= 4 is 23.4 Å². The van der Waals surface area contributed by atoms with E-state index in [9.17, 15) is 9.59 Å². The molecule has 1 saturated carbocycles. The highest BCUT2D eigenvalue weighted by molar-refractivity contribution is 5.95. The number of nitrogens with zero attached hydrogens (tertiary/aromatic N) is 5. The zero-order valence-electron chi connectivity index (χ0n) is 17.2. The standard InChI is InChI=1S/C22H26N6O2/c1-15-12-17(16-2-3-16)13-25-20(15)26-8-10-27(11-9-26)21(29)19-5-4-18(14-24-19)28-7-6-23-22(28)30/h4-5,12-14,16H,2-3,6-11H2,1H3,(H,23,30). The molecule has 0 aromatic carbocycles. The van der Waals surface area contributed by atoms with E-state index in [1.54, 1.807) is 23.2 Å². The summed E-state index contributed by atoms with van der Waals surface area (Å²) >= 11 is 0. The van der Waals surface area contributed by atoms with E-state index < -0.39 is 0 Å². The minimum atomic E-state index is -0.124. The smallest absolute Gasteiger partial charge is 0.322 e. The van der Waals surface area contributed by atoms with Crippen LogP contribution >= 0.6 is 0 Å². The molecule has 2 aromatic heterocycles. The van der Waals surface area contributed by atoms with Crippen LogP contribution in [-0.4, -0.2) is 66.1 Å². The van der Waals surface area contributed by atoms with E-state index >= 15 is 0 Å². The third-order valence-corrected chi connectivity index (χ3v) is 6.12. The molecular formula is C22H26N6O2. The van der Waals surface area contributed by atoms with Crippen molar-refractivity contribution in [2.45, 2.75) is 25.7 Å². The van der Waals surface area contributed by atoms with Crippen molar-refractivity contribution in [3.05, 3.63) is 47.4 Å². The molecule has 1 aliphatic carbocycles. The van der Waals surface area contributed by atoms with Crippen LogP contribution < -0.4 is 15.1 Å². The second-order valence-corrected chi connectivity index (χ2v) is 8.25. The number of aromatic nitrogens is 2. The van der Waals surface area contributed by atoms with Gasteiger partial charge in [-0.05, 0) is 48.9 Å². The fraction of sp³-hybridized carbons (Fsp3) is 0.455. The van der Waals surface area contributed by atoms with E-state index in [0.29, 0.717) is 43.5 Å². The summed E-state index contributed by atoms with van der Waals surface area (Å²) in [6.45, 7) is 6.16. The summed E-state index contributed by atoms with van der Waals surface area (Å²) in [6.07, 6.45) is 6.18. The molecule has 0 atom stereocenters. The van der Waals surface area contributed by atoms with E-state index in [2.05, 4.69) is 28.2 Å². The molecule has 3 fully saturated rings. The maximum Gasteiger partial charge on any atom is 0.322 e. The molecule has 0 bridgehead atoms. The summed E-state index contributed by atoms with van der Waals surface area (Å²) < 4.78 is 0. The van der Waals surface area contributed by atoms with Gasteiger partial charge in [-0.3, -0.25) is 9.69 Å². The van der Waals surface area contributed by atoms with E-state index in [4.69, 9.17) is 4.98 Å². The number of carbonyl (C=O) groups is 2. The number of piperazine rings is 1. The van der Waals surface area contributed by atoms with Crippen molar-refractivity contribution in [3.63, 3.8) is 0 Å². The molecule has 0 unspecified atom stereocenters. The number of hydrogen-bond acceptors (Lipinski definition) is 5. The minimum absolute atomic E-state index is 0.0687. The van der Waals surface area contributed by atoms with Crippen LogP contribution in [0.1, 0.15) is 40.4 Å². The molecule has 2 aliphatic heterocycles. The average Bonchev–Trinajstić information content (AvgIpc) is 3.54. The number of carbonyl (C=O) groups excluding carboxylic acids is 2. The van der Waals surface area contributed by atoms with Crippen LogP contribution in [0.25, 0.3) is 0 Å². The molecule has 2 saturated heterocycles. The Bertz CT molecular complexity index is 964. The van der Waals surface area contributed by atoms with Gasteiger partial charge in [0.25, 0.3) is 5.91 Å². The van der Waals surface area contributed by atoms with Crippen LogP contribution in [0, 0.1) is 6.92 Å². The van der Waals surface area contributed by atoms with Gasteiger partial charge < -0.3 is 15.1 Å². The van der Waals surface area contributed by atoms with Gasteiger partial charge >= 0.3 is 6.03 Å². The predicted molar refractivity (Wildman–Crippen MR) is 114 cm³/mol. The largest absolute Gasteiger partial charge is 0.353 e. The first-order valence-electron chi connectivity index (χ1n) is 10.6. The molecule has 8 nitrogen and oxygen atoms in total. The first-order chi connectivity index (χ1) is 14.6. The summed E-state index contributed by atoms with van der Waals surface area (Å²) in [4.78, 5) is 39.4. The molecule has 8 heteroatoms. The van der Waals surface area contributed by atoms with Gasteiger partial charge in [-0.25, -0.2) is 14.8 Å². The average molecular weight is 406 g/mol. The van der Waals surface area contributed by atoms with Gasteiger partial charge in [0.2, 0.25) is 0 Å². The fourth-order valence-corrected chi connectivity index (χ4v) is 4.23. The normalized spacial score (nSPS) is 19.2. The number of amides is 3. The highest BCUT2D eigenvalue weighted by atomic mass is 16.2. The third-order valence-electron chi connectivity index (χ3n) is 6.12. The second kappa shape index (κ2) is 7.59. The lowest BCUT2D eigenvalue weighted by Crippen LogP contribution is -2.49. The Hall–Kier alpha value is -3.16. The quantitative estimate of drug-likeness (QED) is 0.842. The van der Waals surface area contributed by atoms with E-state index in [1.807, 2.05) is 11.1 Å². The van der Waals surface area contributed by atoms with Crippen molar-refractivity contribution in [2.75, 3.05) is 49.1 Å². The lowest BCUT2D eigenvalue weighted by molar-refractivity contribution is 0.0740. The molecule has 156 valence electrons. The molecule has 2 aromatic rings. The number of pyridine rings is 2. The van der Waals surface area contributed by atoms with Gasteiger partial charge in [0, 0.05) is 45.5 Å². The van der Waals surface area contributed by atoms with Gasteiger partial charge in [0.15, 0.2) is 0 Å².